The lowest BCUT2D eigenvalue weighted by molar-refractivity contribution is 0.454. The molecular weight excluding hydrogens is 320 g/mol. The van der Waals surface area contributed by atoms with E-state index in [0.717, 1.165) is 41.3 Å². The first-order valence-electron chi connectivity index (χ1n) is 7.40. The first-order chi connectivity index (χ1) is 10.9. The fourth-order valence-corrected chi connectivity index (χ4v) is 4.06. The Hall–Kier alpha value is -1.79. The van der Waals surface area contributed by atoms with Crippen molar-refractivity contribution in [1.82, 2.24) is 4.31 Å². The Morgan fingerprint density at radius 1 is 1.04 bits per heavy atom. The van der Waals surface area contributed by atoms with E-state index in [1.165, 1.54) is 18.7 Å². The smallest absolute Gasteiger partial charge is 0.207 e. The van der Waals surface area contributed by atoms with Crippen LogP contribution in [-0.4, -0.2) is 19.8 Å². The third kappa shape index (κ3) is 3.14. The average molecular weight is 337 g/mol. The van der Waals surface area contributed by atoms with E-state index < -0.39 is 21.7 Å². The van der Waals surface area contributed by atoms with Crippen molar-refractivity contribution in [2.45, 2.75) is 30.7 Å². The Morgan fingerprint density at radius 3 is 2.52 bits per heavy atom. The number of nitrogens with zero attached hydrogens (tertiary/aromatic N) is 1. The molecule has 1 aliphatic carbocycles. The Labute approximate surface area is 134 Å². The van der Waals surface area contributed by atoms with Gasteiger partial charge in [-0.05, 0) is 48.6 Å². The molecule has 0 atom stereocenters. The van der Waals surface area contributed by atoms with Gasteiger partial charge in [0.05, 0.1) is 4.90 Å². The number of aryl methyl sites for hydroxylation is 2. The Kier molecular flexibility index (Phi) is 4.21. The summed E-state index contributed by atoms with van der Waals surface area (Å²) in [6, 6.07) is 8.28. The van der Waals surface area contributed by atoms with Gasteiger partial charge in [0.15, 0.2) is 0 Å². The molecule has 122 valence electrons. The van der Waals surface area contributed by atoms with Crippen LogP contribution in [0.5, 0.6) is 0 Å². The van der Waals surface area contributed by atoms with Crippen LogP contribution in [0.1, 0.15) is 23.1 Å². The van der Waals surface area contributed by atoms with E-state index in [1.807, 2.05) is 6.07 Å². The number of rotatable bonds is 4. The van der Waals surface area contributed by atoms with Crippen molar-refractivity contribution in [2.75, 3.05) is 7.05 Å². The summed E-state index contributed by atoms with van der Waals surface area (Å²) in [7, 11) is -2.32. The van der Waals surface area contributed by atoms with Gasteiger partial charge in [0.25, 0.3) is 0 Å². The van der Waals surface area contributed by atoms with Crippen molar-refractivity contribution in [3.05, 3.63) is 64.7 Å². The molecule has 0 fully saturated rings. The molecule has 0 heterocycles. The molecule has 23 heavy (non-hydrogen) atoms. The van der Waals surface area contributed by atoms with Crippen molar-refractivity contribution in [2.24, 2.45) is 0 Å². The second-order valence-corrected chi connectivity index (χ2v) is 7.83. The summed E-state index contributed by atoms with van der Waals surface area (Å²) in [4.78, 5) is 0.211. The minimum absolute atomic E-state index is 0.138. The van der Waals surface area contributed by atoms with E-state index in [-0.39, 0.29) is 17.0 Å². The average Bonchev–Trinajstić information content (AvgIpc) is 2.97. The number of hydrogen-bond acceptors (Lipinski definition) is 2. The van der Waals surface area contributed by atoms with Gasteiger partial charge in [-0.3, -0.25) is 0 Å². The molecule has 0 aliphatic heterocycles. The van der Waals surface area contributed by atoms with E-state index in [9.17, 15) is 17.2 Å². The molecule has 6 heteroatoms. The molecule has 0 unspecified atom stereocenters. The monoisotopic (exact) mass is 337 g/mol. The molecule has 3 rings (SSSR count). The fourth-order valence-electron chi connectivity index (χ4n) is 2.86. The number of benzene rings is 2. The molecule has 0 aromatic heterocycles. The zero-order chi connectivity index (χ0) is 16.6. The molecule has 2 aromatic rings. The molecule has 0 spiro atoms. The van der Waals surface area contributed by atoms with Gasteiger partial charge < -0.3 is 0 Å². The highest BCUT2D eigenvalue weighted by Gasteiger charge is 2.24. The van der Waals surface area contributed by atoms with Gasteiger partial charge in [-0.2, -0.15) is 4.31 Å². The topological polar surface area (TPSA) is 37.4 Å². The van der Waals surface area contributed by atoms with Crippen molar-refractivity contribution < 1.29 is 17.2 Å². The minimum atomic E-state index is -3.71. The molecule has 0 saturated carbocycles. The summed E-state index contributed by atoms with van der Waals surface area (Å²) in [6.45, 7) is -0.147. The van der Waals surface area contributed by atoms with Crippen LogP contribution in [0.3, 0.4) is 0 Å². The van der Waals surface area contributed by atoms with Crippen molar-refractivity contribution in [3.63, 3.8) is 0 Å². The zero-order valence-electron chi connectivity index (χ0n) is 12.7. The summed E-state index contributed by atoms with van der Waals surface area (Å²) in [5.41, 5.74) is 2.39. The highest BCUT2D eigenvalue weighted by molar-refractivity contribution is 7.89. The summed E-state index contributed by atoms with van der Waals surface area (Å²) in [5.74, 6) is -1.43. The Bertz CT molecular complexity index is 850. The lowest BCUT2D eigenvalue weighted by Crippen LogP contribution is -2.27. The highest BCUT2D eigenvalue weighted by atomic mass is 32.2. The van der Waals surface area contributed by atoms with Gasteiger partial charge in [-0.1, -0.05) is 12.1 Å². The van der Waals surface area contributed by atoms with Gasteiger partial charge >= 0.3 is 0 Å². The molecule has 0 saturated heterocycles. The standard InChI is InChI=1S/C17H17F2NO2S/c1-20(11-14-5-7-15(18)10-17(14)19)23(21,22)16-8-6-12-3-2-4-13(12)9-16/h5-10H,2-4,11H2,1H3. The lowest BCUT2D eigenvalue weighted by atomic mass is 10.1. The molecule has 0 N–H and O–H groups in total. The lowest BCUT2D eigenvalue weighted by Gasteiger charge is -2.18. The van der Waals surface area contributed by atoms with Crippen molar-refractivity contribution >= 4 is 10.0 Å². The van der Waals surface area contributed by atoms with Crippen LogP contribution in [0.4, 0.5) is 8.78 Å². The van der Waals surface area contributed by atoms with Crippen LogP contribution in [0, 0.1) is 11.6 Å². The Morgan fingerprint density at radius 2 is 1.78 bits per heavy atom. The van der Waals surface area contributed by atoms with Crippen LogP contribution < -0.4 is 0 Å². The quantitative estimate of drug-likeness (QED) is 0.859. The van der Waals surface area contributed by atoms with E-state index >= 15 is 0 Å². The maximum Gasteiger partial charge on any atom is 0.243 e. The molecule has 3 nitrogen and oxygen atoms in total. The number of sulfonamides is 1. The maximum atomic E-state index is 13.7. The second-order valence-electron chi connectivity index (χ2n) is 5.78. The minimum Gasteiger partial charge on any atom is -0.207 e. The van der Waals surface area contributed by atoms with Crippen LogP contribution in [0.15, 0.2) is 41.3 Å². The zero-order valence-corrected chi connectivity index (χ0v) is 13.5. The largest absolute Gasteiger partial charge is 0.243 e. The van der Waals surface area contributed by atoms with Crippen molar-refractivity contribution in [1.29, 1.82) is 0 Å². The molecule has 2 aromatic carbocycles. The number of halogens is 2. The summed E-state index contributed by atoms with van der Waals surface area (Å²) < 4.78 is 53.0. The third-order valence-electron chi connectivity index (χ3n) is 4.19. The second kappa shape index (κ2) is 6.02. The van der Waals surface area contributed by atoms with Crippen LogP contribution >= 0.6 is 0 Å². The van der Waals surface area contributed by atoms with Crippen LogP contribution in [0.2, 0.25) is 0 Å². The first-order valence-corrected chi connectivity index (χ1v) is 8.84. The number of hydrogen-bond donors (Lipinski definition) is 0. The van der Waals surface area contributed by atoms with E-state index in [0.29, 0.717) is 0 Å². The third-order valence-corrected chi connectivity index (χ3v) is 5.99. The molecular formula is C17H17F2NO2S. The predicted octanol–water partition coefficient (Wildman–Crippen LogP) is 3.27. The summed E-state index contributed by atoms with van der Waals surface area (Å²) in [6.07, 6.45) is 2.90. The molecule has 0 bridgehead atoms. The molecule has 0 radical (unpaired) electrons. The van der Waals surface area contributed by atoms with E-state index in [1.54, 1.807) is 12.1 Å². The fraction of sp³-hybridized carbons (Fsp3) is 0.294. The SMILES string of the molecule is CN(Cc1ccc(F)cc1F)S(=O)(=O)c1ccc2c(c1)CCC2. The Balaban J connectivity index is 1.87. The predicted molar refractivity (Wildman–Crippen MR) is 83.5 cm³/mol. The van der Waals surface area contributed by atoms with Gasteiger partial charge in [0.1, 0.15) is 11.6 Å². The first kappa shape index (κ1) is 16.1. The van der Waals surface area contributed by atoms with Crippen LogP contribution in [0.25, 0.3) is 0 Å². The van der Waals surface area contributed by atoms with Gasteiger partial charge in [0.2, 0.25) is 10.0 Å². The van der Waals surface area contributed by atoms with Crippen molar-refractivity contribution in [3.8, 4) is 0 Å². The van der Waals surface area contributed by atoms with Gasteiger partial charge in [-0.25, -0.2) is 17.2 Å². The normalized spacial score (nSPS) is 14.3. The highest BCUT2D eigenvalue weighted by Crippen LogP contribution is 2.26. The summed E-state index contributed by atoms with van der Waals surface area (Å²) >= 11 is 0. The van der Waals surface area contributed by atoms with Gasteiger partial charge in [0, 0.05) is 25.2 Å². The van der Waals surface area contributed by atoms with E-state index in [2.05, 4.69) is 0 Å². The maximum absolute atomic E-state index is 13.7. The summed E-state index contributed by atoms with van der Waals surface area (Å²) in [5, 5.41) is 0. The number of fused-ring (bicyclic) bond motifs is 1. The molecule has 0 amide bonds. The molecule has 1 aliphatic rings. The van der Waals surface area contributed by atoms with Crippen LogP contribution in [-0.2, 0) is 29.4 Å². The van der Waals surface area contributed by atoms with E-state index in [4.69, 9.17) is 0 Å². The van der Waals surface area contributed by atoms with Gasteiger partial charge in [-0.15, -0.1) is 0 Å².